The normalized spacial score (nSPS) is 24.8. The van der Waals surface area contributed by atoms with Crippen molar-refractivity contribution in [3.63, 3.8) is 0 Å². The average molecular weight is 342 g/mol. The van der Waals surface area contributed by atoms with E-state index in [1.54, 1.807) is 12.1 Å². The van der Waals surface area contributed by atoms with Gasteiger partial charge in [-0.2, -0.15) is 5.10 Å². The number of rotatable bonds is 5. The van der Waals surface area contributed by atoms with E-state index in [1.165, 1.54) is 6.33 Å². The minimum Gasteiger partial charge on any atom is -0.343 e. The molecule has 0 saturated carbocycles. The van der Waals surface area contributed by atoms with E-state index in [1.807, 2.05) is 6.07 Å². The van der Waals surface area contributed by atoms with Crippen molar-refractivity contribution in [2.24, 2.45) is 0 Å². The number of aromatic amines is 1. The molecule has 0 bridgehead atoms. The zero-order chi connectivity index (χ0) is 15.6. The summed E-state index contributed by atoms with van der Waals surface area (Å²) >= 11 is 12.4. The van der Waals surface area contributed by atoms with Crippen LogP contribution in [0.15, 0.2) is 24.5 Å². The van der Waals surface area contributed by atoms with E-state index in [0.29, 0.717) is 28.9 Å². The first-order valence-corrected chi connectivity index (χ1v) is 8.00. The molecule has 7 heteroatoms. The molecule has 22 heavy (non-hydrogen) atoms. The summed E-state index contributed by atoms with van der Waals surface area (Å²) in [7, 11) is 0. The molecule has 2 aromatic rings. The van der Waals surface area contributed by atoms with Crippen molar-refractivity contribution >= 4 is 23.2 Å². The number of nitrogens with one attached hydrogen (secondary N) is 1. The summed E-state index contributed by atoms with van der Waals surface area (Å²) in [6, 6.07) is 5.31. The second-order valence-electron chi connectivity index (χ2n) is 5.31. The molecule has 3 rings (SSSR count). The molecular formula is C15H17Cl2N3O2. The van der Waals surface area contributed by atoms with Gasteiger partial charge in [0.2, 0.25) is 5.79 Å². The fourth-order valence-electron chi connectivity index (χ4n) is 2.69. The van der Waals surface area contributed by atoms with Crippen molar-refractivity contribution in [2.45, 2.75) is 38.1 Å². The zero-order valence-electron chi connectivity index (χ0n) is 12.2. The Morgan fingerprint density at radius 3 is 2.95 bits per heavy atom. The van der Waals surface area contributed by atoms with Gasteiger partial charge in [0.15, 0.2) is 5.82 Å². The summed E-state index contributed by atoms with van der Waals surface area (Å²) in [6.07, 6.45) is 3.92. The first kappa shape index (κ1) is 15.7. The van der Waals surface area contributed by atoms with Gasteiger partial charge in [0, 0.05) is 10.6 Å². The summed E-state index contributed by atoms with van der Waals surface area (Å²) in [5.74, 6) is -0.355. The van der Waals surface area contributed by atoms with Gasteiger partial charge < -0.3 is 9.47 Å². The molecule has 1 aliphatic rings. The molecule has 5 nitrogen and oxygen atoms in total. The largest absolute Gasteiger partial charge is 0.343 e. The van der Waals surface area contributed by atoms with Gasteiger partial charge in [-0.25, -0.2) is 4.98 Å². The van der Waals surface area contributed by atoms with Crippen LogP contribution in [0.3, 0.4) is 0 Å². The lowest BCUT2D eigenvalue weighted by Gasteiger charge is -2.28. The van der Waals surface area contributed by atoms with Crippen LogP contribution in [0, 0.1) is 0 Å². The quantitative estimate of drug-likeness (QED) is 0.900. The highest BCUT2D eigenvalue weighted by Gasteiger charge is 2.45. The van der Waals surface area contributed by atoms with Crippen molar-refractivity contribution in [3.8, 4) is 0 Å². The van der Waals surface area contributed by atoms with Crippen molar-refractivity contribution in [3.05, 3.63) is 46.0 Å². The van der Waals surface area contributed by atoms with Gasteiger partial charge in [-0.3, -0.25) is 5.10 Å². The van der Waals surface area contributed by atoms with Crippen LogP contribution in [0.25, 0.3) is 0 Å². The molecule has 1 aromatic heterocycles. The molecule has 0 spiro atoms. The van der Waals surface area contributed by atoms with E-state index < -0.39 is 5.79 Å². The number of ether oxygens (including phenoxy) is 2. The summed E-state index contributed by atoms with van der Waals surface area (Å²) in [5.41, 5.74) is 0.752. The predicted octanol–water partition coefficient (Wildman–Crippen LogP) is 3.72. The second-order valence-corrected chi connectivity index (χ2v) is 6.15. The number of halogens is 2. The van der Waals surface area contributed by atoms with Gasteiger partial charge in [-0.15, -0.1) is 0 Å². The lowest BCUT2D eigenvalue weighted by Crippen LogP contribution is -2.32. The van der Waals surface area contributed by atoms with Gasteiger partial charge in [0.25, 0.3) is 0 Å². The SMILES string of the molecule is CCCC1COC(Cc2nc[nH]n2)(c2ccc(Cl)cc2Cl)O1. The fourth-order valence-corrected chi connectivity index (χ4v) is 3.24. The Hall–Kier alpha value is -1.14. The summed E-state index contributed by atoms with van der Waals surface area (Å²) in [5, 5.41) is 7.90. The molecule has 1 aromatic carbocycles. The number of nitrogens with zero attached hydrogens (tertiary/aromatic N) is 2. The Bertz CT molecular complexity index is 636. The van der Waals surface area contributed by atoms with E-state index in [0.717, 1.165) is 18.4 Å². The third-order valence-electron chi connectivity index (χ3n) is 3.67. The van der Waals surface area contributed by atoms with Gasteiger partial charge in [0.1, 0.15) is 6.33 Å². The number of benzene rings is 1. The molecule has 1 fully saturated rings. The minimum atomic E-state index is -0.969. The van der Waals surface area contributed by atoms with Crippen LogP contribution in [0.5, 0.6) is 0 Å². The maximum atomic E-state index is 6.37. The van der Waals surface area contributed by atoms with Gasteiger partial charge in [-0.1, -0.05) is 42.6 Å². The topological polar surface area (TPSA) is 60.0 Å². The van der Waals surface area contributed by atoms with E-state index in [9.17, 15) is 0 Å². The highest BCUT2D eigenvalue weighted by molar-refractivity contribution is 6.35. The number of aromatic nitrogens is 3. The molecule has 1 saturated heterocycles. The van der Waals surface area contributed by atoms with Crippen molar-refractivity contribution in [1.82, 2.24) is 15.2 Å². The smallest absolute Gasteiger partial charge is 0.204 e. The maximum absolute atomic E-state index is 6.37. The number of hydrogen-bond acceptors (Lipinski definition) is 4. The number of hydrogen-bond donors (Lipinski definition) is 1. The lowest BCUT2D eigenvalue weighted by atomic mass is 10.0. The van der Waals surface area contributed by atoms with Crippen LogP contribution >= 0.6 is 23.2 Å². The highest BCUT2D eigenvalue weighted by atomic mass is 35.5. The second kappa shape index (κ2) is 6.54. The predicted molar refractivity (Wildman–Crippen MR) is 84.0 cm³/mol. The summed E-state index contributed by atoms with van der Waals surface area (Å²) in [4.78, 5) is 4.17. The van der Waals surface area contributed by atoms with Gasteiger partial charge in [-0.05, 0) is 18.6 Å². The Kier molecular flexibility index (Phi) is 4.68. The maximum Gasteiger partial charge on any atom is 0.204 e. The molecular weight excluding hydrogens is 325 g/mol. The molecule has 0 radical (unpaired) electrons. The third-order valence-corrected chi connectivity index (χ3v) is 4.22. The highest BCUT2D eigenvalue weighted by Crippen LogP contribution is 2.41. The Labute approximate surface area is 138 Å². The first-order chi connectivity index (χ1) is 10.6. The zero-order valence-corrected chi connectivity index (χ0v) is 13.7. The Morgan fingerprint density at radius 1 is 1.41 bits per heavy atom. The van der Waals surface area contributed by atoms with Crippen LogP contribution in [0.4, 0.5) is 0 Å². The average Bonchev–Trinajstić information content (AvgIpc) is 3.10. The molecule has 2 heterocycles. The first-order valence-electron chi connectivity index (χ1n) is 7.25. The lowest BCUT2D eigenvalue weighted by molar-refractivity contribution is -0.177. The molecule has 2 atom stereocenters. The molecule has 0 amide bonds. The van der Waals surface area contributed by atoms with Crippen molar-refractivity contribution in [1.29, 1.82) is 0 Å². The van der Waals surface area contributed by atoms with Gasteiger partial charge >= 0.3 is 0 Å². The standard InChI is InChI=1S/C15H17Cl2N3O2/c1-2-3-11-8-21-15(22-11,7-14-18-9-19-20-14)12-5-4-10(16)6-13(12)17/h4-6,9,11H,2-3,7-8H2,1H3,(H,18,19,20). The van der Waals surface area contributed by atoms with Crippen molar-refractivity contribution in [2.75, 3.05) is 6.61 Å². The monoisotopic (exact) mass is 341 g/mol. The Balaban J connectivity index is 1.96. The molecule has 1 aliphatic heterocycles. The molecule has 1 N–H and O–H groups in total. The van der Waals surface area contributed by atoms with Crippen molar-refractivity contribution < 1.29 is 9.47 Å². The molecule has 0 aliphatic carbocycles. The van der Waals surface area contributed by atoms with Crippen LogP contribution in [-0.4, -0.2) is 27.9 Å². The van der Waals surface area contributed by atoms with Crippen LogP contribution in [0.2, 0.25) is 10.0 Å². The van der Waals surface area contributed by atoms with Crippen LogP contribution in [-0.2, 0) is 21.7 Å². The van der Waals surface area contributed by atoms with Gasteiger partial charge in [0.05, 0.1) is 24.2 Å². The number of H-pyrrole nitrogens is 1. The summed E-state index contributed by atoms with van der Waals surface area (Å²) < 4.78 is 12.3. The van der Waals surface area contributed by atoms with E-state index in [2.05, 4.69) is 22.1 Å². The summed E-state index contributed by atoms with van der Waals surface area (Å²) in [6.45, 7) is 2.64. The third kappa shape index (κ3) is 3.13. The van der Waals surface area contributed by atoms with Crippen LogP contribution < -0.4 is 0 Å². The molecule has 118 valence electrons. The minimum absolute atomic E-state index is 0.0377. The molecule has 2 unspecified atom stereocenters. The Morgan fingerprint density at radius 2 is 2.27 bits per heavy atom. The van der Waals surface area contributed by atoms with Crippen LogP contribution in [0.1, 0.15) is 31.2 Å². The van der Waals surface area contributed by atoms with E-state index in [-0.39, 0.29) is 6.10 Å². The van der Waals surface area contributed by atoms with E-state index >= 15 is 0 Å². The van der Waals surface area contributed by atoms with E-state index in [4.69, 9.17) is 32.7 Å². The fraction of sp³-hybridized carbons (Fsp3) is 0.467.